The average Bonchev–Trinajstić information content (AvgIpc) is 3.51. The van der Waals surface area contributed by atoms with Crippen LogP contribution in [0.4, 0.5) is 18.0 Å². The number of carbonyl (C=O) groups is 2. The summed E-state index contributed by atoms with van der Waals surface area (Å²) in [5.74, 6) is -1.25. The van der Waals surface area contributed by atoms with E-state index < -0.39 is 29.8 Å². The Morgan fingerprint density at radius 3 is 2.46 bits per heavy atom. The maximum absolute atomic E-state index is 14.5. The van der Waals surface area contributed by atoms with Crippen molar-refractivity contribution in [1.29, 1.82) is 0 Å². The number of rotatable bonds is 5. The fourth-order valence-electron chi connectivity index (χ4n) is 4.42. The maximum Gasteiger partial charge on any atom is 0.408 e. The topological polar surface area (TPSA) is 91.6 Å². The first-order chi connectivity index (χ1) is 16.5. The lowest BCUT2D eigenvalue weighted by Gasteiger charge is -2.48. The lowest BCUT2D eigenvalue weighted by Crippen LogP contribution is -2.56. The number of halogens is 3. The van der Waals surface area contributed by atoms with Crippen LogP contribution in [0.3, 0.4) is 0 Å². The van der Waals surface area contributed by atoms with Crippen LogP contribution in [0.5, 0.6) is 0 Å². The molecule has 0 radical (unpaired) electrons. The van der Waals surface area contributed by atoms with Crippen molar-refractivity contribution >= 4 is 23.3 Å². The molecule has 2 aromatic heterocycles. The van der Waals surface area contributed by atoms with Gasteiger partial charge in [0.1, 0.15) is 11.0 Å². The monoisotopic (exact) mass is 507 g/mol. The van der Waals surface area contributed by atoms with Crippen LogP contribution in [0.25, 0.3) is 10.6 Å². The average molecular weight is 508 g/mol. The molecule has 1 aromatic carbocycles. The Morgan fingerprint density at radius 2 is 1.89 bits per heavy atom. The highest BCUT2D eigenvalue weighted by Gasteiger charge is 2.50. The van der Waals surface area contributed by atoms with Crippen molar-refractivity contribution in [2.45, 2.75) is 37.5 Å². The lowest BCUT2D eigenvalue weighted by molar-refractivity contribution is -0.199. The molecule has 35 heavy (non-hydrogen) atoms. The first kappa shape index (κ1) is 24.9. The summed E-state index contributed by atoms with van der Waals surface area (Å²) >= 11 is 1.28. The molecule has 186 valence electrons. The van der Waals surface area contributed by atoms with E-state index in [4.69, 9.17) is 5.11 Å². The van der Waals surface area contributed by atoms with E-state index in [-0.39, 0.29) is 24.3 Å². The van der Waals surface area contributed by atoms with Crippen LogP contribution in [0.15, 0.2) is 48.1 Å². The number of benzene rings is 1. The number of aromatic nitrogens is 3. The van der Waals surface area contributed by atoms with Gasteiger partial charge in [0.25, 0.3) is 0 Å². The SMILES string of the molecule is CN(C(c1ccccc1-c1nccs1)C(F)(F)F)C1(C)CCN(C(=O)n2ccc(C(=O)O)n2)CC1. The molecule has 12 heteroatoms. The summed E-state index contributed by atoms with van der Waals surface area (Å²) in [4.78, 5) is 30.8. The minimum Gasteiger partial charge on any atom is -0.476 e. The molecule has 4 rings (SSSR count). The van der Waals surface area contributed by atoms with Crippen molar-refractivity contribution in [3.63, 3.8) is 0 Å². The molecule has 0 saturated carbocycles. The molecule has 0 spiro atoms. The van der Waals surface area contributed by atoms with E-state index in [1.165, 1.54) is 46.5 Å². The predicted molar refractivity (Wildman–Crippen MR) is 123 cm³/mol. The molecule has 1 fully saturated rings. The van der Waals surface area contributed by atoms with E-state index in [1.54, 1.807) is 36.7 Å². The zero-order valence-electron chi connectivity index (χ0n) is 19.1. The second kappa shape index (κ2) is 9.42. The molecule has 1 amide bonds. The van der Waals surface area contributed by atoms with Crippen molar-refractivity contribution in [3.8, 4) is 10.6 Å². The number of piperidine rings is 1. The van der Waals surface area contributed by atoms with Crippen molar-refractivity contribution in [2.75, 3.05) is 20.1 Å². The maximum atomic E-state index is 14.5. The Hall–Kier alpha value is -3.25. The minimum absolute atomic E-state index is 0.134. The number of thiazole rings is 1. The highest BCUT2D eigenvalue weighted by molar-refractivity contribution is 7.13. The summed E-state index contributed by atoms with van der Waals surface area (Å²) in [6.07, 6.45) is -1.11. The van der Waals surface area contributed by atoms with Crippen LogP contribution in [0.2, 0.25) is 0 Å². The number of nitrogens with zero attached hydrogens (tertiary/aromatic N) is 5. The summed E-state index contributed by atoms with van der Waals surface area (Å²) in [5.41, 5.74) is -0.522. The van der Waals surface area contributed by atoms with Crippen molar-refractivity contribution in [3.05, 3.63) is 59.4 Å². The first-order valence-electron chi connectivity index (χ1n) is 10.9. The van der Waals surface area contributed by atoms with Gasteiger partial charge in [0.2, 0.25) is 0 Å². The quantitative estimate of drug-likeness (QED) is 0.535. The number of alkyl halides is 3. The zero-order chi connectivity index (χ0) is 25.4. The van der Waals surface area contributed by atoms with Crippen molar-refractivity contribution in [2.24, 2.45) is 0 Å². The Morgan fingerprint density at radius 1 is 1.20 bits per heavy atom. The molecule has 1 aliphatic heterocycles. The van der Waals surface area contributed by atoms with E-state index in [9.17, 15) is 22.8 Å². The molecule has 1 aliphatic rings. The standard InChI is InChI=1S/C23H24F3N5O3S/c1-22(8-12-30(13-9-22)21(34)31-11-7-17(28-31)20(32)33)29(2)18(23(24,25)26)15-5-3-4-6-16(15)19-27-10-14-35-19/h3-7,10-11,14,18H,8-9,12-13H2,1-2H3,(H,32,33). The minimum atomic E-state index is -4.54. The van der Waals surface area contributed by atoms with Crippen LogP contribution in [-0.2, 0) is 0 Å². The van der Waals surface area contributed by atoms with E-state index in [1.807, 2.05) is 0 Å². The van der Waals surface area contributed by atoms with Crippen molar-refractivity contribution in [1.82, 2.24) is 24.6 Å². The third-order valence-electron chi connectivity index (χ3n) is 6.58. The highest BCUT2D eigenvalue weighted by Crippen LogP contribution is 2.46. The second-order valence-corrected chi connectivity index (χ2v) is 9.59. The van der Waals surface area contributed by atoms with Crippen LogP contribution < -0.4 is 0 Å². The molecule has 1 unspecified atom stereocenters. The van der Waals surface area contributed by atoms with Gasteiger partial charge in [-0.25, -0.2) is 14.6 Å². The number of aromatic carboxylic acids is 1. The highest BCUT2D eigenvalue weighted by atomic mass is 32.1. The molecule has 8 nitrogen and oxygen atoms in total. The lowest BCUT2D eigenvalue weighted by atomic mass is 9.85. The van der Waals surface area contributed by atoms with Gasteiger partial charge in [0, 0.05) is 42.0 Å². The van der Waals surface area contributed by atoms with Gasteiger partial charge in [-0.05, 0) is 38.4 Å². The van der Waals surface area contributed by atoms with Crippen molar-refractivity contribution < 1.29 is 27.9 Å². The van der Waals surface area contributed by atoms with Gasteiger partial charge in [0.15, 0.2) is 5.69 Å². The predicted octanol–water partition coefficient (Wildman–Crippen LogP) is 4.76. The smallest absolute Gasteiger partial charge is 0.408 e. The second-order valence-electron chi connectivity index (χ2n) is 8.70. The number of hydrogen-bond donors (Lipinski definition) is 1. The summed E-state index contributed by atoms with van der Waals surface area (Å²) < 4.78 is 44.5. The zero-order valence-corrected chi connectivity index (χ0v) is 19.9. The van der Waals surface area contributed by atoms with Gasteiger partial charge in [-0.15, -0.1) is 11.3 Å². The fourth-order valence-corrected chi connectivity index (χ4v) is 5.11. The van der Waals surface area contributed by atoms with E-state index >= 15 is 0 Å². The van der Waals surface area contributed by atoms with Crippen LogP contribution in [0.1, 0.15) is 41.9 Å². The van der Waals surface area contributed by atoms with Crippen LogP contribution >= 0.6 is 11.3 Å². The Balaban J connectivity index is 1.56. The van der Waals surface area contributed by atoms with E-state index in [0.29, 0.717) is 23.4 Å². The molecule has 0 bridgehead atoms. The number of likely N-dealkylation sites (tertiary alicyclic amines) is 1. The summed E-state index contributed by atoms with van der Waals surface area (Å²) in [7, 11) is 1.47. The van der Waals surface area contributed by atoms with Gasteiger partial charge < -0.3 is 10.0 Å². The summed E-state index contributed by atoms with van der Waals surface area (Å²) in [6, 6.07) is 5.28. The van der Waals surface area contributed by atoms with Gasteiger partial charge in [0.05, 0.1) is 0 Å². The summed E-state index contributed by atoms with van der Waals surface area (Å²) in [6.45, 7) is 2.19. The number of amides is 1. The Labute approximate surface area is 203 Å². The number of carbonyl (C=O) groups excluding carboxylic acids is 1. The molecule has 0 aliphatic carbocycles. The van der Waals surface area contributed by atoms with E-state index in [2.05, 4.69) is 10.1 Å². The van der Waals surface area contributed by atoms with Crippen LogP contribution in [0, 0.1) is 0 Å². The molecule has 3 heterocycles. The molecular formula is C23H24F3N5O3S. The van der Waals surface area contributed by atoms with Crippen LogP contribution in [-0.4, -0.2) is 73.5 Å². The third-order valence-corrected chi connectivity index (χ3v) is 7.39. The third kappa shape index (κ3) is 4.94. The van der Waals surface area contributed by atoms with Gasteiger partial charge in [-0.2, -0.15) is 23.0 Å². The van der Waals surface area contributed by atoms with Gasteiger partial charge in [-0.3, -0.25) is 4.90 Å². The normalized spacial score (nSPS) is 16.9. The number of carboxylic acid groups (broad SMARTS) is 1. The summed E-state index contributed by atoms with van der Waals surface area (Å²) in [5, 5.41) is 15.0. The number of hydrogen-bond acceptors (Lipinski definition) is 6. The largest absolute Gasteiger partial charge is 0.476 e. The molecular weight excluding hydrogens is 483 g/mol. The molecule has 1 atom stereocenters. The molecule has 1 N–H and O–H groups in total. The first-order valence-corrected chi connectivity index (χ1v) is 11.8. The molecule has 3 aromatic rings. The van der Waals surface area contributed by atoms with E-state index in [0.717, 1.165) is 4.68 Å². The van der Waals surface area contributed by atoms with Gasteiger partial charge >= 0.3 is 18.2 Å². The number of carboxylic acids is 1. The van der Waals surface area contributed by atoms with Gasteiger partial charge in [-0.1, -0.05) is 24.3 Å². The molecule has 1 saturated heterocycles. The Bertz CT molecular complexity index is 1200. The Kier molecular flexibility index (Phi) is 6.69. The fraction of sp³-hybridized carbons (Fsp3) is 0.391.